The number of aromatic nitrogens is 5. The number of fused-ring (bicyclic) bond motifs is 1. The van der Waals surface area contributed by atoms with E-state index in [-0.39, 0.29) is 11.5 Å². The number of hydrogen-bond donors (Lipinski definition) is 0. The summed E-state index contributed by atoms with van der Waals surface area (Å²) in [6.07, 6.45) is 5.29. The minimum Gasteiger partial charge on any atom is -0.339 e. The fourth-order valence-corrected chi connectivity index (χ4v) is 3.61. The van der Waals surface area contributed by atoms with Crippen LogP contribution in [0.15, 0.2) is 24.7 Å². The number of imidazole rings is 1. The van der Waals surface area contributed by atoms with Gasteiger partial charge in [0.1, 0.15) is 11.9 Å². The van der Waals surface area contributed by atoms with Crippen LogP contribution in [0.3, 0.4) is 0 Å². The molecule has 0 saturated carbocycles. The van der Waals surface area contributed by atoms with Gasteiger partial charge < -0.3 is 9.47 Å². The van der Waals surface area contributed by atoms with Gasteiger partial charge in [-0.05, 0) is 25.0 Å². The molecule has 1 aliphatic heterocycles. The van der Waals surface area contributed by atoms with Crippen LogP contribution in [0.1, 0.15) is 45.1 Å². The van der Waals surface area contributed by atoms with E-state index in [0.29, 0.717) is 17.1 Å². The first kappa shape index (κ1) is 18.6. The Morgan fingerprint density at radius 1 is 1.29 bits per heavy atom. The van der Waals surface area contributed by atoms with Crippen LogP contribution in [0.25, 0.3) is 11.2 Å². The molecule has 7 nitrogen and oxygen atoms in total. The first-order chi connectivity index (χ1) is 13.4. The molecule has 0 amide bonds. The highest BCUT2D eigenvalue weighted by Crippen LogP contribution is 2.32. The summed E-state index contributed by atoms with van der Waals surface area (Å²) >= 11 is 6.30. The molecule has 0 N–H and O–H groups in total. The lowest BCUT2D eigenvalue weighted by Crippen LogP contribution is -2.30. The number of pyridine rings is 1. The summed E-state index contributed by atoms with van der Waals surface area (Å²) in [5, 5.41) is 10.2. The average molecular weight is 396 g/mol. The number of nitriles is 1. The summed E-state index contributed by atoms with van der Waals surface area (Å²) in [6, 6.07) is 5.85. The fraction of sp³-hybridized carbons (Fsp3) is 0.450. The van der Waals surface area contributed by atoms with E-state index in [9.17, 15) is 5.26 Å². The number of anilines is 1. The molecule has 0 bridgehead atoms. The Bertz CT molecular complexity index is 1060. The third kappa shape index (κ3) is 3.29. The molecular weight excluding hydrogens is 374 g/mol. The zero-order valence-corrected chi connectivity index (χ0v) is 17.0. The number of halogens is 1. The molecule has 28 heavy (non-hydrogen) atoms. The lowest BCUT2D eigenvalue weighted by molar-refractivity contribution is 0.545. The van der Waals surface area contributed by atoms with Crippen molar-refractivity contribution < 1.29 is 0 Å². The second-order valence-electron chi connectivity index (χ2n) is 8.08. The molecule has 8 heteroatoms. The van der Waals surface area contributed by atoms with Gasteiger partial charge in [-0.3, -0.25) is 4.98 Å². The highest BCUT2D eigenvalue weighted by Gasteiger charge is 2.30. The Morgan fingerprint density at radius 3 is 2.82 bits per heavy atom. The summed E-state index contributed by atoms with van der Waals surface area (Å²) in [7, 11) is 0. The van der Waals surface area contributed by atoms with Crippen LogP contribution < -0.4 is 4.90 Å². The zero-order chi connectivity index (χ0) is 19.9. The number of nitrogens with zero attached hydrogens (tertiary/aromatic N) is 7. The van der Waals surface area contributed by atoms with Gasteiger partial charge in [0.2, 0.25) is 0 Å². The van der Waals surface area contributed by atoms with Crippen LogP contribution >= 0.6 is 11.6 Å². The van der Waals surface area contributed by atoms with Crippen LogP contribution in [-0.2, 0) is 12.0 Å². The van der Waals surface area contributed by atoms with Crippen molar-refractivity contribution in [3.05, 3.63) is 41.2 Å². The molecule has 144 valence electrons. The molecule has 3 aromatic rings. The Morgan fingerprint density at radius 2 is 2.11 bits per heavy atom. The van der Waals surface area contributed by atoms with Crippen molar-refractivity contribution in [3.8, 4) is 6.07 Å². The van der Waals surface area contributed by atoms with E-state index in [0.717, 1.165) is 42.4 Å². The Hall–Kier alpha value is -2.72. The first-order valence-corrected chi connectivity index (χ1v) is 9.75. The Balaban J connectivity index is 1.87. The molecule has 3 aromatic heterocycles. The maximum Gasteiger partial charge on any atom is 0.166 e. The molecule has 0 spiro atoms. The van der Waals surface area contributed by atoms with Crippen LogP contribution in [0.4, 0.5) is 5.82 Å². The van der Waals surface area contributed by atoms with Crippen molar-refractivity contribution in [2.45, 2.75) is 51.6 Å². The molecule has 0 aliphatic carbocycles. The monoisotopic (exact) mass is 395 g/mol. The summed E-state index contributed by atoms with van der Waals surface area (Å²) in [5.41, 5.74) is 1.97. The van der Waals surface area contributed by atoms with Crippen LogP contribution in [-0.4, -0.2) is 37.1 Å². The maximum atomic E-state index is 9.55. The predicted octanol–water partition coefficient (Wildman–Crippen LogP) is 3.71. The van der Waals surface area contributed by atoms with Crippen molar-refractivity contribution in [2.75, 3.05) is 11.4 Å². The third-order valence-corrected chi connectivity index (χ3v) is 5.29. The highest BCUT2D eigenvalue weighted by molar-refractivity contribution is 6.31. The van der Waals surface area contributed by atoms with Gasteiger partial charge in [0.05, 0.1) is 29.7 Å². The molecule has 1 atom stereocenters. The van der Waals surface area contributed by atoms with E-state index in [1.54, 1.807) is 12.5 Å². The second-order valence-corrected chi connectivity index (χ2v) is 8.49. The second kappa shape index (κ2) is 7.02. The van der Waals surface area contributed by atoms with Crippen LogP contribution in [0.2, 0.25) is 5.02 Å². The van der Waals surface area contributed by atoms with E-state index in [4.69, 9.17) is 21.6 Å². The lowest BCUT2D eigenvalue weighted by Gasteiger charge is -2.24. The zero-order valence-electron chi connectivity index (χ0n) is 16.2. The smallest absolute Gasteiger partial charge is 0.166 e. The fourth-order valence-electron chi connectivity index (χ4n) is 3.43. The van der Waals surface area contributed by atoms with Crippen molar-refractivity contribution >= 4 is 28.6 Å². The largest absolute Gasteiger partial charge is 0.339 e. The van der Waals surface area contributed by atoms with Crippen molar-refractivity contribution in [3.63, 3.8) is 0 Å². The van der Waals surface area contributed by atoms with Crippen molar-refractivity contribution in [1.29, 1.82) is 5.26 Å². The molecule has 4 rings (SSSR count). The third-order valence-electron chi connectivity index (χ3n) is 4.94. The normalized spacial score (nSPS) is 17.2. The molecule has 1 unspecified atom stereocenters. The topological polar surface area (TPSA) is 83.5 Å². The molecule has 1 aliphatic rings. The van der Waals surface area contributed by atoms with Crippen molar-refractivity contribution in [1.82, 2.24) is 24.5 Å². The van der Waals surface area contributed by atoms with E-state index in [2.05, 4.69) is 41.7 Å². The van der Waals surface area contributed by atoms with E-state index >= 15 is 0 Å². The van der Waals surface area contributed by atoms with Gasteiger partial charge in [-0.1, -0.05) is 32.4 Å². The standard InChI is InChI=1S/C20H22ClN7/c1-20(2,3)19-25-17-16(18(26-19)28-9-5-6-13(28)10-22)24-12-27(17)11-15-14(21)7-4-8-23-15/h4,7-8,12-13H,5-6,9,11H2,1-3H3. The molecule has 1 fully saturated rings. The van der Waals surface area contributed by atoms with Gasteiger partial charge in [-0.25, -0.2) is 15.0 Å². The van der Waals surface area contributed by atoms with Gasteiger partial charge in [0.15, 0.2) is 17.0 Å². The SMILES string of the molecule is CC(C)(C)c1nc(N2CCCC2C#N)c2ncn(Cc3ncccc3Cl)c2n1. The Labute approximate surface area is 169 Å². The summed E-state index contributed by atoms with van der Waals surface area (Å²) in [5.74, 6) is 1.47. The average Bonchev–Trinajstić information content (AvgIpc) is 3.29. The number of rotatable bonds is 3. The molecular formula is C20H22ClN7. The van der Waals surface area contributed by atoms with Gasteiger partial charge in [-0.2, -0.15) is 5.26 Å². The molecule has 4 heterocycles. The number of hydrogen-bond acceptors (Lipinski definition) is 6. The van der Waals surface area contributed by atoms with Gasteiger partial charge in [0, 0.05) is 18.2 Å². The quantitative estimate of drug-likeness (QED) is 0.672. The maximum absolute atomic E-state index is 9.55. The predicted molar refractivity (Wildman–Crippen MR) is 108 cm³/mol. The molecule has 0 aromatic carbocycles. The minimum absolute atomic E-state index is 0.179. The Kier molecular flexibility index (Phi) is 4.68. The van der Waals surface area contributed by atoms with Gasteiger partial charge in [-0.15, -0.1) is 0 Å². The van der Waals surface area contributed by atoms with Gasteiger partial charge >= 0.3 is 0 Å². The van der Waals surface area contributed by atoms with Crippen molar-refractivity contribution in [2.24, 2.45) is 0 Å². The lowest BCUT2D eigenvalue weighted by atomic mass is 9.95. The minimum atomic E-state index is -0.234. The van der Waals surface area contributed by atoms with Crippen LogP contribution in [0, 0.1) is 11.3 Å². The van der Waals surface area contributed by atoms with E-state index in [1.165, 1.54) is 0 Å². The van der Waals surface area contributed by atoms with E-state index in [1.807, 2.05) is 16.7 Å². The van der Waals surface area contributed by atoms with Gasteiger partial charge in [0.25, 0.3) is 0 Å². The van der Waals surface area contributed by atoms with E-state index < -0.39 is 0 Å². The van der Waals surface area contributed by atoms with Crippen LogP contribution in [0.5, 0.6) is 0 Å². The first-order valence-electron chi connectivity index (χ1n) is 9.37. The highest BCUT2D eigenvalue weighted by atomic mass is 35.5. The summed E-state index contributed by atoms with van der Waals surface area (Å²) in [6.45, 7) is 7.52. The molecule has 0 radical (unpaired) electrons. The summed E-state index contributed by atoms with van der Waals surface area (Å²) in [4.78, 5) is 20.7. The summed E-state index contributed by atoms with van der Waals surface area (Å²) < 4.78 is 1.95. The molecule has 1 saturated heterocycles.